The summed E-state index contributed by atoms with van der Waals surface area (Å²) >= 11 is 0. The van der Waals surface area contributed by atoms with E-state index < -0.39 is 0 Å². The van der Waals surface area contributed by atoms with Crippen molar-refractivity contribution < 1.29 is 24.2 Å². The summed E-state index contributed by atoms with van der Waals surface area (Å²) in [6.45, 7) is 29.9. The van der Waals surface area contributed by atoms with Gasteiger partial charge < -0.3 is 9.84 Å². The van der Waals surface area contributed by atoms with Gasteiger partial charge in [-0.3, -0.25) is 14.4 Å². The Kier molecular flexibility index (Phi) is 22.7. The van der Waals surface area contributed by atoms with Crippen LogP contribution in [0.4, 0.5) is 0 Å². The highest BCUT2D eigenvalue weighted by atomic mass is 16.5. The minimum Gasteiger partial charge on any atom is -0.396 e. The smallest absolute Gasteiger partial charge is 0.158 e. The minimum absolute atomic E-state index is 0.0111. The van der Waals surface area contributed by atoms with E-state index in [-0.39, 0.29) is 30.0 Å². The largest absolute Gasteiger partial charge is 0.396 e. The fourth-order valence-electron chi connectivity index (χ4n) is 9.48. The fraction of sp³-hybridized carbons (Fsp3) is 0.604. The first-order chi connectivity index (χ1) is 27.6. The molecule has 6 atom stereocenters. The summed E-state index contributed by atoms with van der Waals surface area (Å²) in [6.07, 6.45) is 12.0. The predicted molar refractivity (Wildman–Crippen MR) is 244 cm³/mol. The number of hydrogen-bond acceptors (Lipinski definition) is 5. The molecule has 2 fully saturated rings. The van der Waals surface area contributed by atoms with Gasteiger partial charge in [0.2, 0.25) is 0 Å². The molecule has 0 aliphatic heterocycles. The number of carbonyl (C=O) groups is 3. The molecule has 0 radical (unpaired) electrons. The van der Waals surface area contributed by atoms with Gasteiger partial charge in [-0.05, 0) is 121 Å². The second-order valence-corrected chi connectivity index (χ2v) is 18.2. The van der Waals surface area contributed by atoms with Gasteiger partial charge in [0.15, 0.2) is 5.78 Å². The number of aliphatic hydroxyl groups is 1. The van der Waals surface area contributed by atoms with Crippen molar-refractivity contribution in [2.75, 3.05) is 20.3 Å². The third-order valence-corrected chi connectivity index (χ3v) is 12.6. The summed E-state index contributed by atoms with van der Waals surface area (Å²) in [4.78, 5) is 37.4. The Bertz CT molecular complexity index is 1560. The van der Waals surface area contributed by atoms with Crippen LogP contribution in [0.5, 0.6) is 0 Å². The quantitative estimate of drug-likeness (QED) is 0.107. The maximum absolute atomic E-state index is 12.9. The third kappa shape index (κ3) is 15.6. The molecule has 3 aliphatic carbocycles. The lowest BCUT2D eigenvalue weighted by Crippen LogP contribution is -2.26. The zero-order valence-corrected chi connectivity index (χ0v) is 38.0. The highest BCUT2D eigenvalue weighted by Crippen LogP contribution is 2.71. The fourth-order valence-corrected chi connectivity index (χ4v) is 9.48. The number of allylic oxidation sites excluding steroid dienone is 3. The number of carbonyl (C=O) groups excluding carboxylic acids is 3. The van der Waals surface area contributed by atoms with E-state index in [0.717, 1.165) is 61.7 Å². The first-order valence-corrected chi connectivity index (χ1v) is 22.3. The number of fused-ring (bicyclic) bond motifs is 2. The molecule has 0 heterocycles. The Morgan fingerprint density at radius 2 is 1.52 bits per heavy atom. The molecular formula is C53H80O5. The monoisotopic (exact) mass is 797 g/mol. The molecule has 58 heavy (non-hydrogen) atoms. The number of ketones is 3. The molecular weight excluding hydrogens is 717 g/mol. The predicted octanol–water partition coefficient (Wildman–Crippen LogP) is 12.6. The Balaban J connectivity index is 0.000000334. The number of aliphatic hydroxyl groups excluding tert-OH is 1. The van der Waals surface area contributed by atoms with Crippen LogP contribution in [0.3, 0.4) is 0 Å². The van der Waals surface area contributed by atoms with Crippen LogP contribution in [-0.4, -0.2) is 42.8 Å². The molecule has 2 aromatic rings. The molecule has 5 rings (SSSR count). The van der Waals surface area contributed by atoms with Crippen molar-refractivity contribution >= 4 is 17.3 Å². The molecule has 2 aromatic carbocycles. The summed E-state index contributed by atoms with van der Waals surface area (Å²) in [5.41, 5.74) is 5.91. The second-order valence-electron chi connectivity index (χ2n) is 18.2. The van der Waals surface area contributed by atoms with E-state index in [2.05, 4.69) is 92.5 Å². The van der Waals surface area contributed by atoms with Crippen molar-refractivity contribution in [3.8, 4) is 0 Å². The second kappa shape index (κ2) is 25.9. The first-order valence-electron chi connectivity index (χ1n) is 22.3. The number of Topliss-reactive ketones (excluding diaryl/α,β-unsaturated/α-hetero) is 3. The van der Waals surface area contributed by atoms with E-state index in [1.165, 1.54) is 30.4 Å². The number of hydrogen-bond donors (Lipinski definition) is 1. The van der Waals surface area contributed by atoms with Gasteiger partial charge in [-0.2, -0.15) is 0 Å². The Labute approximate surface area is 354 Å². The van der Waals surface area contributed by atoms with Gasteiger partial charge in [-0.25, -0.2) is 0 Å². The Hall–Kier alpha value is -3.41. The van der Waals surface area contributed by atoms with Crippen molar-refractivity contribution in [2.45, 2.75) is 138 Å². The van der Waals surface area contributed by atoms with Crippen molar-refractivity contribution in [1.29, 1.82) is 0 Å². The van der Waals surface area contributed by atoms with Gasteiger partial charge >= 0.3 is 0 Å². The average Bonchev–Trinajstić information content (AvgIpc) is 3.51. The van der Waals surface area contributed by atoms with E-state index in [4.69, 9.17) is 4.74 Å². The van der Waals surface area contributed by atoms with E-state index in [1.54, 1.807) is 14.0 Å². The van der Waals surface area contributed by atoms with Crippen LogP contribution in [0.2, 0.25) is 0 Å². The SMILES string of the molecule is C=CCCC(CCO)C(=C)C(=O)CCC(=C)C[C@H](C(C)=O)c1ccccc1.CCC.CCC1C(C(=O)CC2Cc3ccccc3C2)CC2C1C2(C)C.COCC(C)C. The highest BCUT2D eigenvalue weighted by Gasteiger charge is 2.67. The number of ether oxygens (including phenoxy) is 1. The van der Waals surface area contributed by atoms with Gasteiger partial charge in [0.05, 0.1) is 0 Å². The van der Waals surface area contributed by atoms with Crippen LogP contribution in [0.15, 0.2) is 91.6 Å². The molecule has 5 unspecified atom stereocenters. The van der Waals surface area contributed by atoms with Gasteiger partial charge in [-0.15, -0.1) is 6.58 Å². The third-order valence-electron chi connectivity index (χ3n) is 12.6. The zero-order valence-electron chi connectivity index (χ0n) is 38.0. The topological polar surface area (TPSA) is 80.7 Å². The molecule has 0 spiro atoms. The van der Waals surface area contributed by atoms with Crippen molar-refractivity contribution in [3.63, 3.8) is 0 Å². The lowest BCUT2D eigenvalue weighted by Gasteiger charge is -2.25. The zero-order chi connectivity index (χ0) is 43.4. The summed E-state index contributed by atoms with van der Waals surface area (Å²) in [7, 11) is 1.72. The molecule has 2 saturated carbocycles. The summed E-state index contributed by atoms with van der Waals surface area (Å²) < 4.78 is 4.80. The summed E-state index contributed by atoms with van der Waals surface area (Å²) in [5.74, 6) is 4.39. The Morgan fingerprint density at radius 1 is 0.931 bits per heavy atom. The molecule has 0 saturated heterocycles. The van der Waals surface area contributed by atoms with Crippen LogP contribution >= 0.6 is 0 Å². The van der Waals surface area contributed by atoms with Crippen molar-refractivity contribution in [1.82, 2.24) is 0 Å². The normalized spacial score (nSPS) is 20.7. The van der Waals surface area contributed by atoms with E-state index in [9.17, 15) is 19.5 Å². The molecule has 0 amide bonds. The Morgan fingerprint density at radius 3 is 2.00 bits per heavy atom. The van der Waals surface area contributed by atoms with Crippen LogP contribution in [0.1, 0.15) is 142 Å². The first kappa shape index (κ1) is 50.7. The van der Waals surface area contributed by atoms with E-state index >= 15 is 0 Å². The van der Waals surface area contributed by atoms with Gasteiger partial charge in [0, 0.05) is 45.0 Å². The van der Waals surface area contributed by atoms with Crippen LogP contribution in [-0.2, 0) is 32.0 Å². The molecule has 5 nitrogen and oxygen atoms in total. The lowest BCUT2D eigenvalue weighted by atomic mass is 9.78. The number of methoxy groups -OCH3 is 1. The van der Waals surface area contributed by atoms with Crippen LogP contribution in [0.25, 0.3) is 0 Å². The number of rotatable bonds is 20. The van der Waals surface area contributed by atoms with Crippen LogP contribution < -0.4 is 0 Å². The molecule has 0 aromatic heterocycles. The molecule has 322 valence electrons. The van der Waals surface area contributed by atoms with Gasteiger partial charge in [0.1, 0.15) is 11.6 Å². The minimum atomic E-state index is -0.216. The lowest BCUT2D eigenvalue weighted by molar-refractivity contribution is -0.125. The van der Waals surface area contributed by atoms with Crippen LogP contribution in [0, 0.1) is 46.8 Å². The number of benzene rings is 2. The molecule has 3 aliphatic rings. The highest BCUT2D eigenvalue weighted by molar-refractivity contribution is 5.95. The van der Waals surface area contributed by atoms with Gasteiger partial charge in [0.25, 0.3) is 0 Å². The molecule has 1 N–H and O–H groups in total. The maximum Gasteiger partial charge on any atom is 0.158 e. The summed E-state index contributed by atoms with van der Waals surface area (Å²) in [5, 5.41) is 9.22. The summed E-state index contributed by atoms with van der Waals surface area (Å²) in [6, 6.07) is 18.4. The standard InChI is InChI=1S/C24H32O3.C21H28O.C5H12O.C3H8/c1-5-6-10-21(15-16-25)19(3)24(27)14-13-18(2)17-23(20(4)26)22-11-8-7-9-12-22;1-4-16-17(12-18-20(16)21(18,2)3)19(22)11-13-9-14-7-5-6-8-15(14)10-13;1-5(2)4-6-3;1-3-2/h5,7-9,11-12,21,23,25H,1-3,6,10,13-17H2,4H3;5-8,13,16-18,20H,4,9-12H2,1-3H3;5H,4H2,1-3H3;3H2,1-2H3/t21?,23-;;;/m1.../s1. The molecule has 0 bridgehead atoms. The van der Waals surface area contributed by atoms with Gasteiger partial charge in [-0.1, -0.05) is 141 Å². The van der Waals surface area contributed by atoms with E-state index in [0.29, 0.717) is 66.1 Å². The van der Waals surface area contributed by atoms with Crippen molar-refractivity contribution in [3.05, 3.63) is 108 Å². The van der Waals surface area contributed by atoms with Crippen molar-refractivity contribution in [2.24, 2.45) is 46.8 Å². The average molecular weight is 797 g/mol. The maximum atomic E-state index is 12.9. The van der Waals surface area contributed by atoms with E-state index in [1.807, 2.05) is 36.4 Å². The molecule has 5 heteroatoms.